The fourth-order valence-corrected chi connectivity index (χ4v) is 3.48. The summed E-state index contributed by atoms with van der Waals surface area (Å²) >= 11 is 5.59. The number of likely N-dealkylation sites (tertiary alicyclic amines) is 1. The van der Waals surface area contributed by atoms with Gasteiger partial charge in [0.25, 0.3) is 0 Å². The highest BCUT2D eigenvalue weighted by Crippen LogP contribution is 2.27. The van der Waals surface area contributed by atoms with E-state index in [1.165, 1.54) is 12.1 Å². The van der Waals surface area contributed by atoms with E-state index in [0.29, 0.717) is 45.2 Å². The number of rotatable bonds is 10. The standard InChI is InChI=1S/C21H30ClFN2O4/c1-15(2)18-6-5-17(23)12-19(18)29-11-10-28-9-7-24-21(27)16-4-3-8-25(14-16)20(26)13-22/h5-6,12,15-16H,3-4,7-11,13-14H2,1-2H3,(H,24,27). The van der Waals surface area contributed by atoms with E-state index in [0.717, 1.165) is 18.4 Å². The van der Waals surface area contributed by atoms with Gasteiger partial charge in [-0.2, -0.15) is 0 Å². The van der Waals surface area contributed by atoms with Crippen molar-refractivity contribution in [3.05, 3.63) is 29.6 Å². The van der Waals surface area contributed by atoms with Crippen LogP contribution in [0.5, 0.6) is 5.75 Å². The summed E-state index contributed by atoms with van der Waals surface area (Å²) in [4.78, 5) is 25.6. The van der Waals surface area contributed by atoms with Crippen molar-refractivity contribution in [1.82, 2.24) is 10.2 Å². The third kappa shape index (κ3) is 7.48. The van der Waals surface area contributed by atoms with E-state index in [4.69, 9.17) is 21.1 Å². The van der Waals surface area contributed by atoms with Crippen LogP contribution in [0.15, 0.2) is 18.2 Å². The Morgan fingerprint density at radius 1 is 1.31 bits per heavy atom. The van der Waals surface area contributed by atoms with E-state index >= 15 is 0 Å². The monoisotopic (exact) mass is 428 g/mol. The molecule has 162 valence electrons. The van der Waals surface area contributed by atoms with E-state index in [1.54, 1.807) is 11.0 Å². The van der Waals surface area contributed by atoms with Crippen LogP contribution in [0.25, 0.3) is 0 Å². The second-order valence-electron chi connectivity index (χ2n) is 7.40. The van der Waals surface area contributed by atoms with Crippen molar-refractivity contribution < 1.29 is 23.5 Å². The maximum absolute atomic E-state index is 13.4. The fraction of sp³-hybridized carbons (Fsp3) is 0.619. The van der Waals surface area contributed by atoms with Gasteiger partial charge in [0.2, 0.25) is 11.8 Å². The number of nitrogens with one attached hydrogen (secondary N) is 1. The summed E-state index contributed by atoms with van der Waals surface area (Å²) in [5, 5.41) is 2.84. The molecule has 1 atom stereocenters. The van der Waals surface area contributed by atoms with Gasteiger partial charge in [-0.3, -0.25) is 9.59 Å². The quantitative estimate of drug-likeness (QED) is 0.459. The minimum absolute atomic E-state index is 0.0570. The zero-order valence-electron chi connectivity index (χ0n) is 17.1. The van der Waals surface area contributed by atoms with Crippen molar-refractivity contribution in [1.29, 1.82) is 0 Å². The van der Waals surface area contributed by atoms with Gasteiger partial charge in [0.15, 0.2) is 0 Å². The van der Waals surface area contributed by atoms with E-state index in [9.17, 15) is 14.0 Å². The summed E-state index contributed by atoms with van der Waals surface area (Å²) < 4.78 is 24.6. The van der Waals surface area contributed by atoms with Crippen molar-refractivity contribution in [3.63, 3.8) is 0 Å². The highest BCUT2D eigenvalue weighted by molar-refractivity contribution is 6.27. The average molecular weight is 429 g/mol. The Bertz CT molecular complexity index is 687. The van der Waals surface area contributed by atoms with E-state index in [1.807, 2.05) is 13.8 Å². The lowest BCUT2D eigenvalue weighted by molar-refractivity contribution is -0.133. The third-order valence-electron chi connectivity index (χ3n) is 4.89. The number of halogens is 2. The maximum atomic E-state index is 13.4. The first-order chi connectivity index (χ1) is 13.9. The number of hydrogen-bond donors (Lipinski definition) is 1. The van der Waals surface area contributed by atoms with Gasteiger partial charge in [0, 0.05) is 25.7 Å². The zero-order chi connectivity index (χ0) is 21.2. The Morgan fingerprint density at radius 3 is 2.83 bits per heavy atom. The predicted octanol–water partition coefficient (Wildman–Crippen LogP) is 2.94. The second-order valence-corrected chi connectivity index (χ2v) is 7.67. The number of carbonyl (C=O) groups excluding carboxylic acids is 2. The van der Waals surface area contributed by atoms with Crippen LogP contribution in [0.4, 0.5) is 4.39 Å². The van der Waals surface area contributed by atoms with Crippen molar-refractivity contribution in [2.24, 2.45) is 5.92 Å². The maximum Gasteiger partial charge on any atom is 0.237 e. The first-order valence-corrected chi connectivity index (χ1v) is 10.6. The summed E-state index contributed by atoms with van der Waals surface area (Å²) in [7, 11) is 0. The summed E-state index contributed by atoms with van der Waals surface area (Å²) in [6, 6.07) is 4.55. The summed E-state index contributed by atoms with van der Waals surface area (Å²) in [5.41, 5.74) is 0.952. The van der Waals surface area contributed by atoms with Gasteiger partial charge in [-0.1, -0.05) is 19.9 Å². The Labute approximate surface area is 176 Å². The molecule has 2 rings (SSSR count). The van der Waals surface area contributed by atoms with Gasteiger partial charge in [0.05, 0.1) is 19.1 Å². The Kier molecular flexibility index (Phi) is 9.67. The fourth-order valence-electron chi connectivity index (χ4n) is 3.32. The predicted molar refractivity (Wildman–Crippen MR) is 110 cm³/mol. The van der Waals surface area contributed by atoms with Crippen LogP contribution in [-0.2, 0) is 14.3 Å². The van der Waals surface area contributed by atoms with Gasteiger partial charge in [0.1, 0.15) is 24.1 Å². The van der Waals surface area contributed by atoms with Crippen molar-refractivity contribution >= 4 is 23.4 Å². The molecule has 8 heteroatoms. The molecule has 2 amide bonds. The highest BCUT2D eigenvalue weighted by Gasteiger charge is 2.27. The number of carbonyl (C=O) groups is 2. The van der Waals surface area contributed by atoms with Crippen LogP contribution in [0.3, 0.4) is 0 Å². The molecule has 1 aromatic rings. The molecule has 6 nitrogen and oxygen atoms in total. The summed E-state index contributed by atoms with van der Waals surface area (Å²) in [6.45, 7) is 6.50. The SMILES string of the molecule is CC(C)c1ccc(F)cc1OCCOCCNC(=O)C1CCCN(C(=O)CCl)C1. The average Bonchev–Trinajstić information content (AvgIpc) is 2.72. The number of piperidine rings is 1. The zero-order valence-corrected chi connectivity index (χ0v) is 17.8. The van der Waals surface area contributed by atoms with Gasteiger partial charge >= 0.3 is 0 Å². The molecule has 1 fully saturated rings. The number of amides is 2. The van der Waals surface area contributed by atoms with Crippen molar-refractivity contribution in [2.75, 3.05) is 45.3 Å². The number of alkyl halides is 1. The lowest BCUT2D eigenvalue weighted by atomic mass is 9.97. The van der Waals surface area contributed by atoms with Crippen molar-refractivity contribution in [2.45, 2.75) is 32.6 Å². The minimum atomic E-state index is -0.331. The van der Waals surface area contributed by atoms with Crippen LogP contribution in [0.2, 0.25) is 0 Å². The van der Waals surface area contributed by atoms with Crippen molar-refractivity contribution in [3.8, 4) is 5.75 Å². The molecule has 0 radical (unpaired) electrons. The molecule has 0 bridgehead atoms. The largest absolute Gasteiger partial charge is 0.491 e. The Balaban J connectivity index is 1.62. The van der Waals surface area contributed by atoms with E-state index < -0.39 is 0 Å². The Morgan fingerprint density at radius 2 is 2.10 bits per heavy atom. The molecule has 0 spiro atoms. The molecule has 1 N–H and O–H groups in total. The molecule has 1 aliphatic heterocycles. The van der Waals surface area contributed by atoms with Crippen LogP contribution in [-0.4, -0.2) is 62.0 Å². The summed E-state index contributed by atoms with van der Waals surface area (Å²) in [5.74, 6) is -0.0331. The lowest BCUT2D eigenvalue weighted by Gasteiger charge is -2.31. The number of ether oxygens (including phenoxy) is 2. The van der Waals surface area contributed by atoms with E-state index in [-0.39, 0.29) is 35.3 Å². The number of hydrogen-bond acceptors (Lipinski definition) is 4. The normalized spacial score (nSPS) is 16.7. The Hall–Kier alpha value is -1.86. The molecule has 0 aliphatic carbocycles. The van der Waals surface area contributed by atoms with Gasteiger partial charge in [-0.25, -0.2) is 4.39 Å². The summed E-state index contributed by atoms with van der Waals surface area (Å²) in [6.07, 6.45) is 1.56. The molecular formula is C21H30ClFN2O4. The topological polar surface area (TPSA) is 67.9 Å². The first kappa shape index (κ1) is 23.4. The second kappa shape index (κ2) is 12.0. The molecule has 1 aromatic carbocycles. The van der Waals surface area contributed by atoms with Gasteiger partial charge in [-0.05, 0) is 30.4 Å². The third-order valence-corrected chi connectivity index (χ3v) is 5.12. The molecule has 1 aliphatic rings. The minimum Gasteiger partial charge on any atom is -0.491 e. The molecular weight excluding hydrogens is 399 g/mol. The molecule has 0 saturated carbocycles. The van der Waals surface area contributed by atoms with Crippen LogP contribution in [0.1, 0.15) is 38.2 Å². The van der Waals surface area contributed by atoms with Gasteiger partial charge < -0.3 is 19.7 Å². The molecule has 1 unspecified atom stereocenters. The van der Waals surface area contributed by atoms with Crippen LogP contribution < -0.4 is 10.1 Å². The van der Waals surface area contributed by atoms with Crippen LogP contribution in [0, 0.1) is 11.7 Å². The molecule has 1 heterocycles. The molecule has 1 saturated heterocycles. The molecule has 0 aromatic heterocycles. The first-order valence-electron chi connectivity index (χ1n) is 10.0. The van der Waals surface area contributed by atoms with Gasteiger partial charge in [-0.15, -0.1) is 11.6 Å². The lowest BCUT2D eigenvalue weighted by Crippen LogP contribution is -2.46. The number of benzene rings is 1. The van der Waals surface area contributed by atoms with Crippen LogP contribution >= 0.6 is 11.6 Å². The highest BCUT2D eigenvalue weighted by atomic mass is 35.5. The molecule has 29 heavy (non-hydrogen) atoms. The number of nitrogens with zero attached hydrogens (tertiary/aromatic N) is 1. The smallest absolute Gasteiger partial charge is 0.237 e. The van der Waals surface area contributed by atoms with E-state index in [2.05, 4.69) is 5.32 Å².